The first-order valence-electron chi connectivity index (χ1n) is 5.59. The summed E-state index contributed by atoms with van der Waals surface area (Å²) in [6.45, 7) is 6.25. The largest absolute Gasteiger partial charge is 0.392 e. The summed E-state index contributed by atoms with van der Waals surface area (Å²) in [5.74, 6) is 0. The molecule has 1 N–H and O–H groups in total. The van der Waals surface area contributed by atoms with E-state index in [1.807, 2.05) is 13.0 Å². The van der Waals surface area contributed by atoms with Gasteiger partial charge in [0.2, 0.25) is 0 Å². The Balaban J connectivity index is 2.60. The fourth-order valence-corrected chi connectivity index (χ4v) is 2.47. The number of aromatic nitrogens is 1. The summed E-state index contributed by atoms with van der Waals surface area (Å²) in [6.07, 6.45) is 0. The summed E-state index contributed by atoms with van der Waals surface area (Å²) in [7, 11) is 0. The molecule has 0 bridgehead atoms. The van der Waals surface area contributed by atoms with E-state index in [1.54, 1.807) is 0 Å². The van der Waals surface area contributed by atoms with Crippen LogP contribution in [0.2, 0.25) is 0 Å². The van der Waals surface area contributed by atoms with Crippen LogP contribution in [0.15, 0.2) is 28.7 Å². The molecule has 2 nitrogen and oxygen atoms in total. The first-order valence-corrected chi connectivity index (χ1v) is 6.39. The number of benzene rings is 1. The second-order valence-corrected chi connectivity index (χ2v) is 5.18. The molecule has 0 amide bonds. The van der Waals surface area contributed by atoms with Crippen LogP contribution in [0.5, 0.6) is 0 Å². The monoisotopic (exact) mass is 293 g/mol. The molecule has 0 radical (unpaired) electrons. The van der Waals surface area contributed by atoms with Gasteiger partial charge in [-0.1, -0.05) is 22.0 Å². The fraction of sp³-hybridized carbons (Fsp3) is 0.286. The van der Waals surface area contributed by atoms with Crippen molar-refractivity contribution in [2.24, 2.45) is 0 Å². The van der Waals surface area contributed by atoms with Gasteiger partial charge in [0.1, 0.15) is 0 Å². The lowest BCUT2D eigenvalue weighted by Crippen LogP contribution is -2.00. The summed E-state index contributed by atoms with van der Waals surface area (Å²) in [5.41, 5.74) is 5.57. The van der Waals surface area contributed by atoms with Crippen LogP contribution in [0.3, 0.4) is 0 Å². The highest BCUT2D eigenvalue weighted by molar-refractivity contribution is 9.10. The second-order valence-electron chi connectivity index (χ2n) is 4.32. The van der Waals surface area contributed by atoms with Gasteiger partial charge in [-0.05, 0) is 50.1 Å². The number of aliphatic hydroxyl groups excluding tert-OH is 1. The Hall–Kier alpha value is -1.06. The Labute approximate surface area is 110 Å². The highest BCUT2D eigenvalue weighted by Crippen LogP contribution is 2.25. The molecule has 0 atom stereocenters. The predicted octanol–water partition coefficient (Wildman–Crippen LogP) is 3.66. The van der Waals surface area contributed by atoms with Crippen molar-refractivity contribution in [1.29, 1.82) is 0 Å². The third kappa shape index (κ3) is 2.17. The standard InChI is InChI=1S/C14H16BrNO/c1-9-4-5-13(7-14(9)15)16-10(2)6-12(8-17)11(16)3/h4-7,17H,8H2,1-3H3. The van der Waals surface area contributed by atoms with Crippen LogP contribution in [0.25, 0.3) is 5.69 Å². The maximum absolute atomic E-state index is 9.28. The Morgan fingerprint density at radius 3 is 2.41 bits per heavy atom. The molecule has 2 aromatic rings. The zero-order valence-corrected chi connectivity index (χ0v) is 11.9. The van der Waals surface area contributed by atoms with Gasteiger partial charge < -0.3 is 9.67 Å². The van der Waals surface area contributed by atoms with Gasteiger partial charge in [-0.25, -0.2) is 0 Å². The lowest BCUT2D eigenvalue weighted by atomic mass is 10.2. The summed E-state index contributed by atoms with van der Waals surface area (Å²) in [4.78, 5) is 0. The molecule has 1 heterocycles. The molecular formula is C14H16BrNO. The van der Waals surface area contributed by atoms with Crippen molar-refractivity contribution < 1.29 is 5.11 Å². The topological polar surface area (TPSA) is 25.2 Å². The molecule has 2 rings (SSSR count). The third-order valence-electron chi connectivity index (χ3n) is 3.12. The number of nitrogens with zero attached hydrogens (tertiary/aromatic N) is 1. The van der Waals surface area contributed by atoms with Crippen molar-refractivity contribution in [3.63, 3.8) is 0 Å². The molecule has 0 aliphatic heterocycles. The highest BCUT2D eigenvalue weighted by Gasteiger charge is 2.10. The zero-order chi connectivity index (χ0) is 12.6. The fourth-order valence-electron chi connectivity index (χ4n) is 2.11. The van der Waals surface area contributed by atoms with Crippen LogP contribution in [-0.2, 0) is 6.61 Å². The maximum Gasteiger partial charge on any atom is 0.0699 e. The van der Waals surface area contributed by atoms with E-state index in [9.17, 15) is 5.11 Å². The van der Waals surface area contributed by atoms with E-state index >= 15 is 0 Å². The Morgan fingerprint density at radius 2 is 1.88 bits per heavy atom. The summed E-state index contributed by atoms with van der Waals surface area (Å²) in [6, 6.07) is 8.33. The molecular weight excluding hydrogens is 278 g/mol. The van der Waals surface area contributed by atoms with Gasteiger partial charge in [0.25, 0.3) is 0 Å². The molecule has 1 aromatic heterocycles. The summed E-state index contributed by atoms with van der Waals surface area (Å²) < 4.78 is 3.27. The zero-order valence-electron chi connectivity index (χ0n) is 10.3. The second kappa shape index (κ2) is 4.67. The van der Waals surface area contributed by atoms with Gasteiger partial charge in [-0.15, -0.1) is 0 Å². The number of rotatable bonds is 2. The molecule has 0 unspecified atom stereocenters. The van der Waals surface area contributed by atoms with Gasteiger partial charge >= 0.3 is 0 Å². The highest BCUT2D eigenvalue weighted by atomic mass is 79.9. The van der Waals surface area contributed by atoms with E-state index in [1.165, 1.54) is 5.56 Å². The average molecular weight is 294 g/mol. The first-order chi connectivity index (χ1) is 8.04. The van der Waals surface area contributed by atoms with E-state index in [2.05, 4.69) is 52.5 Å². The third-order valence-corrected chi connectivity index (χ3v) is 3.97. The van der Waals surface area contributed by atoms with E-state index in [-0.39, 0.29) is 6.61 Å². The first kappa shape index (κ1) is 12.4. The molecule has 1 aromatic carbocycles. The van der Waals surface area contributed by atoms with Crippen LogP contribution >= 0.6 is 15.9 Å². The minimum absolute atomic E-state index is 0.0900. The minimum atomic E-state index is 0.0900. The van der Waals surface area contributed by atoms with E-state index in [0.29, 0.717) is 0 Å². The van der Waals surface area contributed by atoms with E-state index < -0.39 is 0 Å². The summed E-state index contributed by atoms with van der Waals surface area (Å²) >= 11 is 3.55. The minimum Gasteiger partial charge on any atom is -0.392 e. The van der Waals surface area contributed by atoms with Gasteiger partial charge in [0, 0.05) is 21.5 Å². The van der Waals surface area contributed by atoms with Crippen LogP contribution in [-0.4, -0.2) is 9.67 Å². The molecule has 0 aliphatic carbocycles. The normalized spacial score (nSPS) is 10.9. The van der Waals surface area contributed by atoms with Crippen LogP contribution in [0.1, 0.15) is 22.5 Å². The van der Waals surface area contributed by atoms with Crippen molar-refractivity contribution in [2.45, 2.75) is 27.4 Å². The Kier molecular flexibility index (Phi) is 3.40. The predicted molar refractivity (Wildman–Crippen MR) is 73.6 cm³/mol. The van der Waals surface area contributed by atoms with Gasteiger partial charge in [0.15, 0.2) is 0 Å². The van der Waals surface area contributed by atoms with Gasteiger partial charge in [-0.2, -0.15) is 0 Å². The maximum atomic E-state index is 9.28. The van der Waals surface area contributed by atoms with Crippen LogP contribution in [0.4, 0.5) is 0 Å². The number of halogens is 1. The smallest absolute Gasteiger partial charge is 0.0699 e. The quantitative estimate of drug-likeness (QED) is 0.898. The SMILES string of the molecule is Cc1ccc(-n2c(C)cc(CO)c2C)cc1Br. The molecule has 0 saturated carbocycles. The summed E-state index contributed by atoms with van der Waals surface area (Å²) in [5, 5.41) is 9.28. The van der Waals surface area contributed by atoms with Gasteiger partial charge in [-0.3, -0.25) is 0 Å². The lowest BCUT2D eigenvalue weighted by Gasteiger charge is -2.11. The van der Waals surface area contributed by atoms with Crippen molar-refractivity contribution in [3.8, 4) is 5.69 Å². The Bertz CT molecular complexity index is 558. The molecule has 0 spiro atoms. The molecule has 0 fully saturated rings. The Morgan fingerprint density at radius 1 is 1.18 bits per heavy atom. The number of hydrogen-bond donors (Lipinski definition) is 1. The molecule has 3 heteroatoms. The average Bonchev–Trinajstić information content (AvgIpc) is 2.58. The van der Waals surface area contributed by atoms with Crippen LogP contribution < -0.4 is 0 Å². The van der Waals surface area contributed by atoms with E-state index in [0.717, 1.165) is 27.1 Å². The van der Waals surface area contributed by atoms with E-state index in [4.69, 9.17) is 0 Å². The lowest BCUT2D eigenvalue weighted by molar-refractivity contribution is 0.281. The van der Waals surface area contributed by atoms with Crippen molar-refractivity contribution in [3.05, 3.63) is 51.3 Å². The number of hydrogen-bond acceptors (Lipinski definition) is 1. The number of aliphatic hydroxyl groups is 1. The van der Waals surface area contributed by atoms with Gasteiger partial charge in [0.05, 0.1) is 6.61 Å². The molecule has 0 saturated heterocycles. The van der Waals surface area contributed by atoms with Crippen molar-refractivity contribution in [2.75, 3.05) is 0 Å². The number of aryl methyl sites for hydroxylation is 2. The molecule has 90 valence electrons. The van der Waals surface area contributed by atoms with Crippen LogP contribution in [0, 0.1) is 20.8 Å². The van der Waals surface area contributed by atoms with Crippen molar-refractivity contribution >= 4 is 15.9 Å². The van der Waals surface area contributed by atoms with Crippen molar-refractivity contribution in [1.82, 2.24) is 4.57 Å². The molecule has 0 aliphatic rings. The molecule has 17 heavy (non-hydrogen) atoms.